The molecule has 0 radical (unpaired) electrons. The second kappa shape index (κ2) is 9.97. The molecular weight excluding hydrogens is 486 g/mol. The Bertz CT molecular complexity index is 1390. The van der Waals surface area contributed by atoms with Crippen LogP contribution in [0.3, 0.4) is 0 Å². The number of amides is 2. The van der Waals surface area contributed by atoms with Crippen LogP contribution in [-0.2, 0) is 41.7 Å². The number of aromatic nitrogens is 1. The molecule has 5 rings (SSSR count). The van der Waals surface area contributed by atoms with E-state index >= 15 is 0 Å². The average molecular weight is 522 g/mol. The fraction of sp³-hybridized carbons (Fsp3) is 0.448. The molecule has 0 saturated carbocycles. The van der Waals surface area contributed by atoms with Crippen LogP contribution >= 0.6 is 0 Å². The Labute approximate surface area is 221 Å². The number of carbonyl (C=O) groups excluding carboxylic acids is 2. The van der Waals surface area contributed by atoms with E-state index in [1.165, 1.54) is 11.1 Å². The first-order chi connectivity index (χ1) is 17.7. The largest absolute Gasteiger partial charge is 0.444 e. The molecule has 7 nitrogen and oxygen atoms in total. The van der Waals surface area contributed by atoms with Crippen LogP contribution in [0.15, 0.2) is 42.5 Å². The van der Waals surface area contributed by atoms with Crippen LogP contribution in [0.2, 0.25) is 0 Å². The smallest absolute Gasteiger partial charge is 0.410 e. The summed E-state index contributed by atoms with van der Waals surface area (Å²) >= 11 is 0. The molecular formula is C29H35N3O4S. The van der Waals surface area contributed by atoms with E-state index in [1.807, 2.05) is 66.9 Å². The summed E-state index contributed by atoms with van der Waals surface area (Å²) in [6, 6.07) is 14.0. The highest BCUT2D eigenvalue weighted by atomic mass is 32.2. The summed E-state index contributed by atoms with van der Waals surface area (Å²) < 4.78 is 20.8. The van der Waals surface area contributed by atoms with E-state index in [9.17, 15) is 13.8 Å². The standard InChI is InChI=1S/C29H35N3O4S/c1-5-16-37(35)32-25-11-10-21(27(33)30-14-12-20-8-6-7-9-22(20)18-30)17-23(25)24-19-31(15-13-26(24)32)28(34)36-29(2,3)4/h6-11,17H,5,12-16,18-19H2,1-4H3. The van der Waals surface area contributed by atoms with Gasteiger partial charge >= 0.3 is 6.09 Å². The minimum atomic E-state index is -1.21. The van der Waals surface area contributed by atoms with Crippen molar-refractivity contribution in [2.24, 2.45) is 0 Å². The molecule has 0 saturated heterocycles. The summed E-state index contributed by atoms with van der Waals surface area (Å²) in [5.41, 5.74) is 5.31. The maximum absolute atomic E-state index is 13.6. The second-order valence-electron chi connectivity index (χ2n) is 10.9. The Kier molecular flexibility index (Phi) is 6.88. The van der Waals surface area contributed by atoms with Gasteiger partial charge in [0, 0.05) is 54.0 Å². The van der Waals surface area contributed by atoms with E-state index in [1.54, 1.807) is 4.90 Å². The zero-order valence-corrected chi connectivity index (χ0v) is 22.9. The lowest BCUT2D eigenvalue weighted by atomic mass is 9.98. The fourth-order valence-corrected chi connectivity index (χ4v) is 6.64. The first-order valence-electron chi connectivity index (χ1n) is 13.1. The van der Waals surface area contributed by atoms with Gasteiger partial charge in [0.2, 0.25) is 0 Å². The summed E-state index contributed by atoms with van der Waals surface area (Å²) in [6.45, 7) is 9.74. The molecule has 3 heterocycles. The summed E-state index contributed by atoms with van der Waals surface area (Å²) in [7, 11) is -1.21. The number of hydrogen-bond acceptors (Lipinski definition) is 4. The third kappa shape index (κ3) is 5.04. The SMILES string of the molecule is CCCS(=O)n1c2c(c3cc(C(=O)N4CCc5ccccc5C4)ccc31)CN(C(=O)OC(C)(C)C)CC2. The van der Waals surface area contributed by atoms with Gasteiger partial charge in [-0.3, -0.25) is 8.77 Å². The number of nitrogens with zero attached hydrogens (tertiary/aromatic N) is 3. The topological polar surface area (TPSA) is 71.9 Å². The number of fused-ring (bicyclic) bond motifs is 4. The van der Waals surface area contributed by atoms with Gasteiger partial charge in [-0.15, -0.1) is 0 Å². The van der Waals surface area contributed by atoms with Crippen LogP contribution in [0.1, 0.15) is 66.9 Å². The molecule has 1 aromatic heterocycles. The molecule has 0 spiro atoms. The summed E-state index contributed by atoms with van der Waals surface area (Å²) in [5, 5.41) is 0.885. The highest BCUT2D eigenvalue weighted by Crippen LogP contribution is 2.34. The molecule has 2 aromatic carbocycles. The van der Waals surface area contributed by atoms with Crippen molar-refractivity contribution in [2.75, 3.05) is 18.8 Å². The zero-order chi connectivity index (χ0) is 26.3. The van der Waals surface area contributed by atoms with Crippen LogP contribution in [0.25, 0.3) is 10.9 Å². The highest BCUT2D eigenvalue weighted by Gasteiger charge is 2.31. The molecule has 3 aromatic rings. The van der Waals surface area contributed by atoms with Crippen molar-refractivity contribution < 1.29 is 18.5 Å². The lowest BCUT2D eigenvalue weighted by Crippen LogP contribution is -2.40. The first-order valence-corrected chi connectivity index (χ1v) is 14.3. The highest BCUT2D eigenvalue weighted by molar-refractivity contribution is 7.83. The fourth-order valence-electron chi connectivity index (χ4n) is 5.28. The van der Waals surface area contributed by atoms with Crippen LogP contribution in [0.4, 0.5) is 4.79 Å². The van der Waals surface area contributed by atoms with Gasteiger partial charge in [-0.25, -0.2) is 9.00 Å². The minimum Gasteiger partial charge on any atom is -0.444 e. The molecule has 37 heavy (non-hydrogen) atoms. The average Bonchev–Trinajstić information content (AvgIpc) is 3.20. The van der Waals surface area contributed by atoms with Gasteiger partial charge in [0.1, 0.15) is 16.6 Å². The molecule has 1 atom stereocenters. The molecule has 0 aliphatic carbocycles. The van der Waals surface area contributed by atoms with Crippen molar-refractivity contribution in [3.63, 3.8) is 0 Å². The molecule has 2 aliphatic heterocycles. The number of rotatable bonds is 4. The number of ether oxygens (including phenoxy) is 1. The summed E-state index contributed by atoms with van der Waals surface area (Å²) in [6.07, 6.45) is 1.88. The van der Waals surface area contributed by atoms with Crippen LogP contribution in [0, 0.1) is 0 Å². The number of benzene rings is 2. The van der Waals surface area contributed by atoms with Gasteiger partial charge < -0.3 is 14.5 Å². The number of hydrogen-bond donors (Lipinski definition) is 0. The third-order valence-corrected chi connectivity index (χ3v) is 8.58. The van der Waals surface area contributed by atoms with Crippen molar-refractivity contribution in [3.8, 4) is 0 Å². The van der Waals surface area contributed by atoms with E-state index in [2.05, 4.69) is 12.1 Å². The molecule has 8 heteroatoms. The van der Waals surface area contributed by atoms with E-state index in [0.717, 1.165) is 35.0 Å². The number of carbonyl (C=O) groups is 2. The predicted octanol–water partition coefficient (Wildman–Crippen LogP) is 5.05. The maximum Gasteiger partial charge on any atom is 0.410 e. The Morgan fingerprint density at radius 2 is 1.70 bits per heavy atom. The monoisotopic (exact) mass is 521 g/mol. The zero-order valence-electron chi connectivity index (χ0n) is 22.1. The molecule has 2 aliphatic rings. The van der Waals surface area contributed by atoms with Crippen LogP contribution < -0.4 is 0 Å². The van der Waals surface area contributed by atoms with Crippen molar-refractivity contribution in [1.29, 1.82) is 0 Å². The van der Waals surface area contributed by atoms with Gasteiger partial charge in [-0.2, -0.15) is 0 Å². The van der Waals surface area contributed by atoms with E-state index in [0.29, 0.717) is 43.9 Å². The molecule has 0 N–H and O–H groups in total. The Hall–Kier alpha value is -3.13. The molecule has 196 valence electrons. The van der Waals surface area contributed by atoms with Crippen molar-refractivity contribution in [2.45, 2.75) is 65.6 Å². The van der Waals surface area contributed by atoms with E-state index in [-0.39, 0.29) is 12.0 Å². The Morgan fingerprint density at radius 3 is 2.43 bits per heavy atom. The Morgan fingerprint density at radius 1 is 0.973 bits per heavy atom. The lowest BCUT2D eigenvalue weighted by molar-refractivity contribution is 0.0224. The van der Waals surface area contributed by atoms with Crippen molar-refractivity contribution in [3.05, 3.63) is 70.4 Å². The lowest BCUT2D eigenvalue weighted by Gasteiger charge is -2.30. The van der Waals surface area contributed by atoms with Gasteiger partial charge in [0.25, 0.3) is 5.91 Å². The predicted molar refractivity (Wildman–Crippen MR) is 146 cm³/mol. The Balaban J connectivity index is 1.51. The maximum atomic E-state index is 13.6. The molecule has 2 amide bonds. The normalized spacial score (nSPS) is 16.3. The third-order valence-electron chi connectivity index (χ3n) is 7.00. The molecule has 0 bridgehead atoms. The second-order valence-corrected chi connectivity index (χ2v) is 12.3. The van der Waals surface area contributed by atoms with Crippen LogP contribution in [0.5, 0.6) is 0 Å². The van der Waals surface area contributed by atoms with Crippen molar-refractivity contribution >= 4 is 33.9 Å². The van der Waals surface area contributed by atoms with E-state index < -0.39 is 16.6 Å². The van der Waals surface area contributed by atoms with Gasteiger partial charge in [-0.05, 0) is 62.9 Å². The minimum absolute atomic E-state index is 0.00704. The first kappa shape index (κ1) is 25.5. The summed E-state index contributed by atoms with van der Waals surface area (Å²) in [5.74, 6) is 0.548. The quantitative estimate of drug-likeness (QED) is 0.481. The van der Waals surface area contributed by atoms with Crippen molar-refractivity contribution in [1.82, 2.24) is 13.8 Å². The van der Waals surface area contributed by atoms with Gasteiger partial charge in [0.15, 0.2) is 0 Å². The molecule has 1 unspecified atom stereocenters. The van der Waals surface area contributed by atoms with Gasteiger partial charge in [-0.1, -0.05) is 31.2 Å². The summed E-state index contributed by atoms with van der Waals surface area (Å²) in [4.78, 5) is 30.0. The van der Waals surface area contributed by atoms with Gasteiger partial charge in [0.05, 0.1) is 12.1 Å². The molecule has 0 fully saturated rings. The van der Waals surface area contributed by atoms with E-state index in [4.69, 9.17) is 4.74 Å². The van der Waals surface area contributed by atoms with Crippen LogP contribution in [-0.4, -0.2) is 54.4 Å².